The summed E-state index contributed by atoms with van der Waals surface area (Å²) in [6, 6.07) is 0. The van der Waals surface area contributed by atoms with Crippen molar-refractivity contribution in [2.45, 2.75) is 156 Å². The Kier molecular flexibility index (Phi) is 23.1. The van der Waals surface area contributed by atoms with Gasteiger partial charge in [-0.1, -0.05) is 75.7 Å². The molecule has 0 heterocycles. The van der Waals surface area contributed by atoms with Gasteiger partial charge < -0.3 is 54.3 Å². The molecule has 0 rings (SSSR count). The van der Waals surface area contributed by atoms with E-state index in [0.29, 0.717) is 32.1 Å². The predicted molar refractivity (Wildman–Crippen MR) is 185 cm³/mol. The fourth-order valence-corrected chi connectivity index (χ4v) is 4.58. The minimum atomic E-state index is -2.00. The van der Waals surface area contributed by atoms with E-state index in [4.69, 9.17) is 28.8 Å². The summed E-state index contributed by atoms with van der Waals surface area (Å²) >= 11 is 0. The van der Waals surface area contributed by atoms with E-state index < -0.39 is 128 Å². The highest BCUT2D eigenvalue weighted by Gasteiger charge is 2.42. The molecule has 14 atom stereocenters. The first-order chi connectivity index (χ1) is 24.3. The molecule has 0 amide bonds. The quantitative estimate of drug-likeness (QED) is 0.0566. The van der Waals surface area contributed by atoms with Gasteiger partial charge in [-0.05, 0) is 31.6 Å². The van der Waals surface area contributed by atoms with Gasteiger partial charge in [0.1, 0.15) is 31.0 Å². The van der Waals surface area contributed by atoms with E-state index in [-0.39, 0.29) is 0 Å². The molecule has 0 aromatic carbocycles. The van der Waals surface area contributed by atoms with Crippen molar-refractivity contribution >= 4 is 29.8 Å². The average Bonchev–Trinajstić information content (AvgIpc) is 3.15. The molecule has 16 heteroatoms. The van der Waals surface area contributed by atoms with Crippen molar-refractivity contribution in [3.05, 3.63) is 0 Å². The molecule has 6 N–H and O–H groups in total. The van der Waals surface area contributed by atoms with E-state index in [1.165, 1.54) is 0 Å². The average molecular weight is 753 g/mol. The molecule has 16 nitrogen and oxygen atoms in total. The van der Waals surface area contributed by atoms with Crippen LogP contribution in [0.2, 0.25) is 0 Å². The number of rotatable bonds is 25. The van der Waals surface area contributed by atoms with Gasteiger partial charge in [0.15, 0.2) is 6.10 Å². The minimum absolute atomic E-state index is 0.315. The Bertz CT molecular complexity index is 1100. The van der Waals surface area contributed by atoms with Crippen LogP contribution in [0.5, 0.6) is 0 Å². The van der Waals surface area contributed by atoms with Gasteiger partial charge in [-0.25, -0.2) is 24.0 Å². The highest BCUT2D eigenvalue weighted by atomic mass is 16.6. The lowest BCUT2D eigenvalue weighted by Crippen LogP contribution is -2.48. The number of aliphatic hydroxyl groups excluding tert-OH is 6. The van der Waals surface area contributed by atoms with Gasteiger partial charge in [0.05, 0.1) is 6.61 Å². The zero-order chi connectivity index (χ0) is 40.5. The number of esters is 5. The normalized spacial score (nSPS) is 19.8. The molecule has 304 valence electrons. The number of carbonyl (C=O) groups is 5. The second-order valence-electron chi connectivity index (χ2n) is 13.7. The third kappa shape index (κ3) is 14.9. The number of ether oxygens (including phenoxy) is 5. The van der Waals surface area contributed by atoms with Crippen LogP contribution >= 0.6 is 0 Å². The highest BCUT2D eigenvalue weighted by Crippen LogP contribution is 2.24. The van der Waals surface area contributed by atoms with Crippen LogP contribution in [0.4, 0.5) is 0 Å². The van der Waals surface area contributed by atoms with Gasteiger partial charge in [0, 0.05) is 23.7 Å². The van der Waals surface area contributed by atoms with Gasteiger partial charge >= 0.3 is 29.8 Å². The Balaban J connectivity index is 6.15. The fourth-order valence-electron chi connectivity index (χ4n) is 4.58. The van der Waals surface area contributed by atoms with E-state index in [0.717, 1.165) is 0 Å². The Hall–Kier alpha value is -2.89. The van der Waals surface area contributed by atoms with Crippen LogP contribution in [0.1, 0.15) is 101 Å². The number of hydrogen-bond donors (Lipinski definition) is 6. The zero-order valence-corrected chi connectivity index (χ0v) is 32.3. The van der Waals surface area contributed by atoms with E-state index in [2.05, 4.69) is 0 Å². The SMILES string of the molecule is CCC(C)C(O)C(=O)OC(C(=O)OC(C(=O)OC(C(=O)OC(C(=O)OCC(O)C(O)C(O)C(O)CO)C(C)CC)C(C)CC)C(C)CC)C(C)CC. The molecule has 0 aromatic heterocycles. The Labute approximate surface area is 307 Å². The van der Waals surface area contributed by atoms with Crippen LogP contribution in [0.25, 0.3) is 0 Å². The summed E-state index contributed by atoms with van der Waals surface area (Å²) < 4.78 is 27.2. The first kappa shape index (κ1) is 49.1. The zero-order valence-electron chi connectivity index (χ0n) is 32.3. The molecule has 0 aromatic rings. The Morgan fingerprint density at radius 1 is 0.442 bits per heavy atom. The molecule has 0 saturated heterocycles. The maximum absolute atomic E-state index is 13.7. The van der Waals surface area contributed by atoms with Crippen LogP contribution in [-0.4, -0.2) is 129 Å². The van der Waals surface area contributed by atoms with Crippen molar-refractivity contribution in [1.82, 2.24) is 0 Å². The summed E-state index contributed by atoms with van der Waals surface area (Å²) in [7, 11) is 0. The summed E-state index contributed by atoms with van der Waals surface area (Å²) in [5.74, 6) is -8.22. The Morgan fingerprint density at radius 3 is 1.04 bits per heavy atom. The lowest BCUT2D eigenvalue weighted by molar-refractivity contribution is -0.196. The van der Waals surface area contributed by atoms with Gasteiger partial charge in [0.25, 0.3) is 0 Å². The van der Waals surface area contributed by atoms with Crippen LogP contribution in [-0.2, 0) is 47.7 Å². The van der Waals surface area contributed by atoms with Gasteiger partial charge in [-0.2, -0.15) is 0 Å². The van der Waals surface area contributed by atoms with Crippen LogP contribution < -0.4 is 0 Å². The smallest absolute Gasteiger partial charge is 0.348 e. The van der Waals surface area contributed by atoms with Crippen molar-refractivity contribution in [3.8, 4) is 0 Å². The first-order valence-electron chi connectivity index (χ1n) is 18.3. The topological polar surface area (TPSA) is 253 Å². The molecule has 0 spiro atoms. The van der Waals surface area contributed by atoms with Gasteiger partial charge in [0.2, 0.25) is 24.4 Å². The highest BCUT2D eigenvalue weighted by molar-refractivity contribution is 5.87. The Morgan fingerprint density at radius 2 is 0.731 bits per heavy atom. The predicted octanol–water partition coefficient (Wildman–Crippen LogP) is 1.20. The second-order valence-corrected chi connectivity index (χ2v) is 13.7. The summed E-state index contributed by atoms with van der Waals surface area (Å²) in [6.45, 7) is 15.0. The molecule has 0 bridgehead atoms. The summed E-state index contributed by atoms with van der Waals surface area (Å²) in [5.41, 5.74) is 0. The minimum Gasteiger partial charge on any atom is -0.460 e. The molecule has 0 aliphatic heterocycles. The number of carbonyl (C=O) groups excluding carboxylic acids is 5. The standard InChI is InChI=1S/C36H64O16/c1-11-18(6)25(40)32(43)49-29(20(8)13-3)34(45)51-31(22(10)15-5)36(47)52-30(21(9)14-4)35(46)50-28(19(7)12-2)33(44)48-17-24(39)27(42)26(41)23(38)16-37/h18-31,37-42H,11-17H2,1-10H3. The van der Waals surface area contributed by atoms with Crippen molar-refractivity contribution < 1.29 is 78.3 Å². The van der Waals surface area contributed by atoms with E-state index in [9.17, 15) is 49.5 Å². The molecule has 14 unspecified atom stereocenters. The number of aliphatic hydroxyl groups is 6. The molecular formula is C36H64O16. The summed E-state index contributed by atoms with van der Waals surface area (Å²) in [4.78, 5) is 66.4. The lowest BCUT2D eigenvalue weighted by atomic mass is 9.98. The third-order valence-corrected chi connectivity index (χ3v) is 9.69. The van der Waals surface area contributed by atoms with Crippen LogP contribution in [0.15, 0.2) is 0 Å². The molecule has 0 radical (unpaired) electrons. The van der Waals surface area contributed by atoms with Crippen molar-refractivity contribution in [3.63, 3.8) is 0 Å². The van der Waals surface area contributed by atoms with Crippen LogP contribution in [0.3, 0.4) is 0 Å². The van der Waals surface area contributed by atoms with Crippen molar-refractivity contribution in [2.24, 2.45) is 29.6 Å². The van der Waals surface area contributed by atoms with Crippen LogP contribution in [0, 0.1) is 29.6 Å². The molecule has 0 saturated carbocycles. The fraction of sp³-hybridized carbons (Fsp3) is 0.861. The molecule has 0 aliphatic carbocycles. The third-order valence-electron chi connectivity index (χ3n) is 9.69. The summed E-state index contributed by atoms with van der Waals surface area (Å²) in [6.07, 6.45) is -13.4. The maximum atomic E-state index is 13.7. The molecule has 52 heavy (non-hydrogen) atoms. The number of hydrogen-bond acceptors (Lipinski definition) is 16. The molecule has 0 aliphatic rings. The van der Waals surface area contributed by atoms with E-state index in [1.54, 1.807) is 69.2 Å². The van der Waals surface area contributed by atoms with E-state index in [1.807, 2.05) is 0 Å². The first-order valence-corrected chi connectivity index (χ1v) is 18.3. The summed E-state index contributed by atoms with van der Waals surface area (Å²) in [5, 5.41) is 58.9. The maximum Gasteiger partial charge on any atom is 0.348 e. The second kappa shape index (κ2) is 24.4. The van der Waals surface area contributed by atoms with Crippen molar-refractivity contribution in [1.29, 1.82) is 0 Å². The molecule has 0 fully saturated rings. The van der Waals surface area contributed by atoms with E-state index >= 15 is 0 Å². The monoisotopic (exact) mass is 752 g/mol. The van der Waals surface area contributed by atoms with Crippen molar-refractivity contribution in [2.75, 3.05) is 13.2 Å². The largest absolute Gasteiger partial charge is 0.460 e. The van der Waals surface area contributed by atoms with Gasteiger partial charge in [-0.3, -0.25) is 0 Å². The molecular weight excluding hydrogens is 688 g/mol. The van der Waals surface area contributed by atoms with Gasteiger partial charge in [-0.15, -0.1) is 0 Å². The lowest BCUT2D eigenvalue weighted by Gasteiger charge is -2.30.